The molecular formula is C33H41N3O5. The number of amides is 3. The van der Waals surface area contributed by atoms with E-state index in [2.05, 4.69) is 10.6 Å². The Labute approximate surface area is 242 Å². The molecule has 0 bridgehead atoms. The Morgan fingerprint density at radius 2 is 1.51 bits per heavy atom. The van der Waals surface area contributed by atoms with Crippen molar-refractivity contribution in [1.82, 2.24) is 15.5 Å². The molecule has 0 aliphatic carbocycles. The first kappa shape index (κ1) is 31.4. The third-order valence-electron chi connectivity index (χ3n) is 6.49. The van der Waals surface area contributed by atoms with Gasteiger partial charge in [-0.1, -0.05) is 84.4 Å². The quantitative estimate of drug-likeness (QED) is 0.318. The number of benzene rings is 3. The van der Waals surface area contributed by atoms with Crippen LogP contribution < -0.4 is 10.6 Å². The number of carbonyl (C=O) groups excluding carboxylic acids is 3. The van der Waals surface area contributed by atoms with E-state index in [-0.39, 0.29) is 26.1 Å². The molecule has 2 unspecified atom stereocenters. The maximum atomic E-state index is 14.3. The number of aliphatic hydroxyl groups is 1. The average molecular weight is 560 g/mol. The van der Waals surface area contributed by atoms with Crippen LogP contribution in [0.15, 0.2) is 78.9 Å². The highest BCUT2D eigenvalue weighted by molar-refractivity contribution is 5.92. The van der Waals surface area contributed by atoms with Crippen LogP contribution in [-0.4, -0.2) is 52.7 Å². The van der Waals surface area contributed by atoms with Crippen LogP contribution in [0.1, 0.15) is 54.6 Å². The number of nitrogens with one attached hydrogen (secondary N) is 2. The van der Waals surface area contributed by atoms with Crippen LogP contribution in [0.2, 0.25) is 0 Å². The van der Waals surface area contributed by atoms with E-state index in [0.29, 0.717) is 5.56 Å². The molecule has 0 aromatic heterocycles. The van der Waals surface area contributed by atoms with Crippen LogP contribution in [0.3, 0.4) is 0 Å². The van der Waals surface area contributed by atoms with Crippen molar-refractivity contribution in [3.8, 4) is 0 Å². The van der Waals surface area contributed by atoms with Crippen molar-refractivity contribution in [1.29, 1.82) is 0 Å². The molecule has 0 fully saturated rings. The summed E-state index contributed by atoms with van der Waals surface area (Å²) in [5.41, 5.74) is 3.45. The smallest absolute Gasteiger partial charge is 0.408 e. The Kier molecular flexibility index (Phi) is 11.1. The molecule has 0 spiro atoms. The lowest BCUT2D eigenvalue weighted by atomic mass is 9.95. The predicted octanol–water partition coefficient (Wildman–Crippen LogP) is 4.62. The fraction of sp³-hybridized carbons (Fsp3) is 0.364. The molecule has 3 aromatic rings. The number of carbonyl (C=O) groups is 3. The third-order valence-corrected chi connectivity index (χ3v) is 6.49. The summed E-state index contributed by atoms with van der Waals surface area (Å²) >= 11 is 0. The van der Waals surface area contributed by atoms with E-state index in [1.54, 1.807) is 20.8 Å². The van der Waals surface area contributed by atoms with Crippen molar-refractivity contribution >= 4 is 17.9 Å². The normalized spacial score (nSPS) is 12.6. The Morgan fingerprint density at radius 1 is 0.902 bits per heavy atom. The molecular weight excluding hydrogens is 518 g/mol. The van der Waals surface area contributed by atoms with Gasteiger partial charge in [-0.05, 0) is 56.9 Å². The van der Waals surface area contributed by atoms with Gasteiger partial charge in [0.2, 0.25) is 11.8 Å². The van der Waals surface area contributed by atoms with Crippen molar-refractivity contribution in [2.24, 2.45) is 0 Å². The van der Waals surface area contributed by atoms with Gasteiger partial charge in [0.25, 0.3) is 0 Å². The van der Waals surface area contributed by atoms with Crippen LogP contribution in [0.5, 0.6) is 0 Å². The van der Waals surface area contributed by atoms with Crippen LogP contribution in [-0.2, 0) is 27.3 Å². The molecule has 3 amide bonds. The van der Waals surface area contributed by atoms with E-state index in [4.69, 9.17) is 4.74 Å². The summed E-state index contributed by atoms with van der Waals surface area (Å²) < 4.78 is 5.46. The van der Waals surface area contributed by atoms with Crippen molar-refractivity contribution in [3.63, 3.8) is 0 Å². The number of hydrogen-bond acceptors (Lipinski definition) is 5. The zero-order valence-electron chi connectivity index (χ0n) is 24.5. The molecule has 8 nitrogen and oxygen atoms in total. The van der Waals surface area contributed by atoms with Crippen molar-refractivity contribution in [2.45, 2.75) is 65.3 Å². The van der Waals surface area contributed by atoms with Gasteiger partial charge in [-0.2, -0.15) is 0 Å². The predicted molar refractivity (Wildman–Crippen MR) is 159 cm³/mol. The summed E-state index contributed by atoms with van der Waals surface area (Å²) in [6.07, 6.45) is -0.571. The van der Waals surface area contributed by atoms with E-state index >= 15 is 0 Å². The summed E-state index contributed by atoms with van der Waals surface area (Å²) in [6, 6.07) is 22.4. The minimum atomic E-state index is -1.05. The minimum Gasteiger partial charge on any atom is -0.444 e. The highest BCUT2D eigenvalue weighted by atomic mass is 16.6. The summed E-state index contributed by atoms with van der Waals surface area (Å²) in [5.74, 6) is -0.896. The van der Waals surface area contributed by atoms with Crippen LogP contribution in [0.4, 0.5) is 4.79 Å². The molecule has 2 atom stereocenters. The summed E-state index contributed by atoms with van der Waals surface area (Å²) in [4.78, 5) is 42.3. The fourth-order valence-electron chi connectivity index (χ4n) is 4.64. The average Bonchev–Trinajstić information content (AvgIpc) is 2.92. The molecule has 0 saturated heterocycles. The van der Waals surface area contributed by atoms with Gasteiger partial charge in [0.1, 0.15) is 17.7 Å². The molecule has 0 aliphatic rings. The molecule has 41 heavy (non-hydrogen) atoms. The third kappa shape index (κ3) is 9.46. The van der Waals surface area contributed by atoms with E-state index in [9.17, 15) is 19.5 Å². The lowest BCUT2D eigenvalue weighted by molar-refractivity contribution is -0.143. The Balaban J connectivity index is 2.01. The van der Waals surface area contributed by atoms with Gasteiger partial charge < -0.3 is 25.4 Å². The molecule has 3 N–H and O–H groups in total. The van der Waals surface area contributed by atoms with Gasteiger partial charge in [-0.25, -0.2) is 4.79 Å². The number of hydrogen-bond donors (Lipinski definition) is 3. The van der Waals surface area contributed by atoms with Gasteiger partial charge in [0.15, 0.2) is 0 Å². The summed E-state index contributed by atoms with van der Waals surface area (Å²) in [5, 5.41) is 15.7. The second kappa shape index (κ2) is 14.5. The van der Waals surface area contributed by atoms with E-state index < -0.39 is 35.6 Å². The first-order valence-corrected chi connectivity index (χ1v) is 13.8. The van der Waals surface area contributed by atoms with E-state index in [0.717, 1.165) is 22.3 Å². The van der Waals surface area contributed by atoms with Crippen LogP contribution in [0, 0.1) is 13.8 Å². The molecule has 0 heterocycles. The molecule has 8 heteroatoms. The first-order valence-electron chi connectivity index (χ1n) is 13.8. The summed E-state index contributed by atoms with van der Waals surface area (Å²) in [7, 11) is 0. The largest absolute Gasteiger partial charge is 0.444 e. The minimum absolute atomic E-state index is 0.114. The van der Waals surface area contributed by atoms with Gasteiger partial charge in [0.05, 0.1) is 6.61 Å². The molecule has 3 aromatic carbocycles. The fourth-order valence-corrected chi connectivity index (χ4v) is 4.64. The maximum Gasteiger partial charge on any atom is 0.408 e. The Bertz CT molecular complexity index is 1310. The first-order chi connectivity index (χ1) is 19.5. The Hall–Kier alpha value is -4.17. The number of alkyl carbamates (subject to hydrolysis) is 1. The highest BCUT2D eigenvalue weighted by Crippen LogP contribution is 2.27. The molecule has 218 valence electrons. The molecule has 0 radical (unpaired) electrons. The highest BCUT2D eigenvalue weighted by Gasteiger charge is 2.36. The van der Waals surface area contributed by atoms with Crippen LogP contribution in [0.25, 0.3) is 0 Å². The van der Waals surface area contributed by atoms with Crippen LogP contribution >= 0.6 is 0 Å². The SMILES string of the molecule is Cc1ccc(C(C(=O)NCc2ccccc2)N(CCO)C(=O)C(Cc2ccccc2)NC(=O)OC(C)(C)C)c(C)c1. The van der Waals surface area contributed by atoms with Gasteiger partial charge in [0, 0.05) is 19.5 Å². The number of aliphatic hydroxyl groups excluding tert-OH is 1. The second-order valence-corrected chi connectivity index (χ2v) is 11.1. The summed E-state index contributed by atoms with van der Waals surface area (Å²) in [6.45, 7) is 8.86. The van der Waals surface area contributed by atoms with Gasteiger partial charge >= 0.3 is 6.09 Å². The second-order valence-electron chi connectivity index (χ2n) is 11.1. The van der Waals surface area contributed by atoms with Gasteiger partial charge in [-0.15, -0.1) is 0 Å². The topological polar surface area (TPSA) is 108 Å². The maximum absolute atomic E-state index is 14.3. The lowest BCUT2D eigenvalue weighted by Crippen LogP contribution is -2.54. The zero-order chi connectivity index (χ0) is 30.0. The Morgan fingerprint density at radius 3 is 2.07 bits per heavy atom. The van der Waals surface area contributed by atoms with Gasteiger partial charge in [-0.3, -0.25) is 9.59 Å². The molecule has 0 aliphatic heterocycles. The zero-order valence-corrected chi connectivity index (χ0v) is 24.5. The standard InChI is InChI=1S/C33H41N3O5/c1-23-16-17-27(24(2)20-23)29(30(38)34-22-26-14-10-7-11-15-26)36(18-19-37)31(39)28(21-25-12-8-6-9-13-25)35-32(40)41-33(3,4)5/h6-17,20,28-29,37H,18-19,21-22H2,1-5H3,(H,34,38)(H,35,40). The van der Waals surface area contributed by atoms with E-state index in [1.165, 1.54) is 4.90 Å². The van der Waals surface area contributed by atoms with Crippen molar-refractivity contribution in [2.75, 3.05) is 13.2 Å². The van der Waals surface area contributed by atoms with E-state index in [1.807, 2.05) is 92.7 Å². The van der Waals surface area contributed by atoms with Crippen molar-refractivity contribution < 1.29 is 24.2 Å². The monoisotopic (exact) mass is 559 g/mol. The molecule has 0 saturated carbocycles. The number of aryl methyl sites for hydroxylation is 2. The number of rotatable bonds is 11. The number of nitrogens with zero attached hydrogens (tertiary/aromatic N) is 1. The molecule has 3 rings (SSSR count). The van der Waals surface area contributed by atoms with Crippen molar-refractivity contribution in [3.05, 3.63) is 107 Å². The number of ether oxygens (including phenoxy) is 1. The lowest BCUT2D eigenvalue weighted by Gasteiger charge is -2.35.